The smallest absolute Gasteiger partial charge is 0.337 e. The molecule has 0 unspecified atom stereocenters. The summed E-state index contributed by atoms with van der Waals surface area (Å²) < 4.78 is 9.78. The van der Waals surface area contributed by atoms with E-state index in [1.165, 1.54) is 19.9 Å². The molecule has 0 heterocycles. The summed E-state index contributed by atoms with van der Waals surface area (Å²) in [7, 11) is 0. The lowest BCUT2D eigenvalue weighted by molar-refractivity contribution is -0.139. The summed E-state index contributed by atoms with van der Waals surface area (Å²) in [6.45, 7) is 8.65. The molecule has 0 spiro atoms. The summed E-state index contributed by atoms with van der Waals surface area (Å²) in [4.78, 5) is 22.2. The third-order valence-corrected chi connectivity index (χ3v) is 1.85. The van der Waals surface area contributed by atoms with Crippen LogP contribution in [0.1, 0.15) is 33.6 Å². The number of hydrogen-bond acceptors (Lipinski definition) is 4. The Balaban J connectivity index is 4.50. The molecule has 0 aromatic rings. The molecule has 16 heavy (non-hydrogen) atoms. The maximum Gasteiger partial charge on any atom is 0.337 e. The van der Waals surface area contributed by atoms with Crippen LogP contribution >= 0.6 is 0 Å². The van der Waals surface area contributed by atoms with Crippen LogP contribution in [-0.2, 0) is 19.1 Å². The molecule has 0 radical (unpaired) electrons. The van der Waals surface area contributed by atoms with Crippen LogP contribution in [0.4, 0.5) is 0 Å². The van der Waals surface area contributed by atoms with Gasteiger partial charge in [0.2, 0.25) is 0 Å². The zero-order valence-corrected chi connectivity index (χ0v) is 10.0. The van der Waals surface area contributed by atoms with Crippen molar-refractivity contribution in [1.82, 2.24) is 0 Å². The van der Waals surface area contributed by atoms with Gasteiger partial charge in [0.15, 0.2) is 0 Å². The van der Waals surface area contributed by atoms with E-state index in [2.05, 4.69) is 6.58 Å². The molecule has 90 valence electrons. The number of rotatable bonds is 6. The predicted octanol–water partition coefficient (Wildman–Crippen LogP) is 2.35. The van der Waals surface area contributed by atoms with Crippen LogP contribution in [-0.4, -0.2) is 18.5 Å². The van der Waals surface area contributed by atoms with Gasteiger partial charge in [0.1, 0.15) is 5.76 Å². The highest BCUT2D eigenvalue weighted by atomic mass is 16.5. The molecule has 0 amide bonds. The third kappa shape index (κ3) is 5.34. The van der Waals surface area contributed by atoms with Crippen molar-refractivity contribution in [2.45, 2.75) is 33.6 Å². The van der Waals surface area contributed by atoms with E-state index >= 15 is 0 Å². The molecule has 0 aliphatic heterocycles. The SMILES string of the molecule is C=C/C(OC(C)=O)=C(\C)C(=O)OCCCC. The number of ether oxygens (including phenoxy) is 2. The standard InChI is InChI=1S/C12H18O4/c1-5-7-8-15-12(14)9(3)11(6-2)16-10(4)13/h6H,2,5,7-8H2,1,3-4H3/b11-9-. The van der Waals surface area contributed by atoms with Crippen LogP contribution in [0.3, 0.4) is 0 Å². The fourth-order valence-electron chi connectivity index (χ4n) is 0.944. The second-order valence-corrected chi connectivity index (χ2v) is 3.28. The third-order valence-electron chi connectivity index (χ3n) is 1.85. The highest BCUT2D eigenvalue weighted by molar-refractivity contribution is 5.89. The number of hydrogen-bond donors (Lipinski definition) is 0. The van der Waals surface area contributed by atoms with E-state index in [1.807, 2.05) is 6.92 Å². The molecule has 0 aliphatic rings. The second-order valence-electron chi connectivity index (χ2n) is 3.28. The van der Waals surface area contributed by atoms with Gasteiger partial charge < -0.3 is 9.47 Å². The largest absolute Gasteiger partial charge is 0.462 e. The fourth-order valence-corrected chi connectivity index (χ4v) is 0.944. The Morgan fingerprint density at radius 2 is 1.94 bits per heavy atom. The number of carbonyl (C=O) groups is 2. The molecule has 0 saturated carbocycles. The van der Waals surface area contributed by atoms with Gasteiger partial charge in [0, 0.05) is 6.92 Å². The van der Waals surface area contributed by atoms with Gasteiger partial charge in [0.25, 0.3) is 0 Å². The lowest BCUT2D eigenvalue weighted by Gasteiger charge is -2.07. The molecule has 0 aliphatic carbocycles. The molecule has 0 atom stereocenters. The Kier molecular flexibility index (Phi) is 6.92. The number of esters is 2. The summed E-state index contributed by atoms with van der Waals surface area (Å²) >= 11 is 0. The van der Waals surface area contributed by atoms with Crippen molar-refractivity contribution in [3.05, 3.63) is 24.0 Å². The first kappa shape index (κ1) is 14.4. The van der Waals surface area contributed by atoms with Crippen LogP contribution in [0.25, 0.3) is 0 Å². The van der Waals surface area contributed by atoms with Crippen molar-refractivity contribution in [3.63, 3.8) is 0 Å². The predicted molar refractivity (Wildman–Crippen MR) is 60.5 cm³/mol. The molecule has 4 nitrogen and oxygen atoms in total. The molecule has 0 N–H and O–H groups in total. The first-order valence-corrected chi connectivity index (χ1v) is 5.21. The van der Waals surface area contributed by atoms with Crippen LogP contribution < -0.4 is 0 Å². The quantitative estimate of drug-likeness (QED) is 0.229. The zero-order valence-electron chi connectivity index (χ0n) is 10.0. The fraction of sp³-hybridized carbons (Fsp3) is 0.500. The molecule has 0 aromatic carbocycles. The highest BCUT2D eigenvalue weighted by Crippen LogP contribution is 2.09. The molecule has 0 saturated heterocycles. The average Bonchev–Trinajstić information content (AvgIpc) is 2.24. The zero-order chi connectivity index (χ0) is 12.6. The van der Waals surface area contributed by atoms with Gasteiger partial charge in [-0.3, -0.25) is 4.79 Å². The number of allylic oxidation sites excluding steroid dienone is 1. The van der Waals surface area contributed by atoms with Gasteiger partial charge in [-0.2, -0.15) is 0 Å². The molecular weight excluding hydrogens is 208 g/mol. The Morgan fingerprint density at radius 1 is 1.31 bits per heavy atom. The summed E-state index contributed by atoms with van der Waals surface area (Å²) in [5.41, 5.74) is 0.251. The second kappa shape index (κ2) is 7.68. The van der Waals surface area contributed by atoms with Crippen LogP contribution in [0.2, 0.25) is 0 Å². The molecule has 0 rings (SSSR count). The molecule has 0 bridgehead atoms. The van der Waals surface area contributed by atoms with Gasteiger partial charge in [-0.05, 0) is 19.4 Å². The lowest BCUT2D eigenvalue weighted by Crippen LogP contribution is -2.11. The summed E-state index contributed by atoms with van der Waals surface area (Å²) in [6.07, 6.45) is 3.09. The molecule has 4 heteroatoms. The van der Waals surface area contributed by atoms with Crippen molar-refractivity contribution >= 4 is 11.9 Å². The first-order valence-electron chi connectivity index (χ1n) is 5.21. The van der Waals surface area contributed by atoms with E-state index in [9.17, 15) is 9.59 Å². The van der Waals surface area contributed by atoms with Crippen molar-refractivity contribution in [2.24, 2.45) is 0 Å². The average molecular weight is 226 g/mol. The van der Waals surface area contributed by atoms with E-state index in [-0.39, 0.29) is 11.3 Å². The highest BCUT2D eigenvalue weighted by Gasteiger charge is 2.12. The normalized spacial score (nSPS) is 11.4. The monoisotopic (exact) mass is 226 g/mol. The van der Waals surface area contributed by atoms with Crippen molar-refractivity contribution < 1.29 is 19.1 Å². The minimum Gasteiger partial charge on any atom is -0.462 e. The van der Waals surface area contributed by atoms with Gasteiger partial charge in [-0.25, -0.2) is 4.79 Å². The minimum absolute atomic E-state index is 0.147. The van der Waals surface area contributed by atoms with E-state index in [1.54, 1.807) is 0 Å². The van der Waals surface area contributed by atoms with Gasteiger partial charge in [0.05, 0.1) is 12.2 Å². The van der Waals surface area contributed by atoms with Crippen LogP contribution in [0.15, 0.2) is 24.0 Å². The van der Waals surface area contributed by atoms with Crippen molar-refractivity contribution in [2.75, 3.05) is 6.61 Å². The van der Waals surface area contributed by atoms with Gasteiger partial charge >= 0.3 is 11.9 Å². The summed E-state index contributed by atoms with van der Waals surface area (Å²) in [5, 5.41) is 0. The summed E-state index contributed by atoms with van der Waals surface area (Å²) in [6, 6.07) is 0. The Morgan fingerprint density at radius 3 is 2.38 bits per heavy atom. The van der Waals surface area contributed by atoms with E-state index in [0.717, 1.165) is 12.8 Å². The van der Waals surface area contributed by atoms with Crippen LogP contribution in [0, 0.1) is 0 Å². The Labute approximate surface area is 95.9 Å². The maximum absolute atomic E-state index is 11.5. The van der Waals surface area contributed by atoms with Crippen molar-refractivity contribution in [3.8, 4) is 0 Å². The van der Waals surface area contributed by atoms with E-state index in [0.29, 0.717) is 6.61 Å². The van der Waals surface area contributed by atoms with E-state index < -0.39 is 11.9 Å². The maximum atomic E-state index is 11.5. The number of carbonyl (C=O) groups excluding carboxylic acids is 2. The molecule has 0 aromatic heterocycles. The topological polar surface area (TPSA) is 52.6 Å². The molecule has 0 fully saturated rings. The Hall–Kier alpha value is -1.58. The minimum atomic E-state index is -0.490. The summed E-state index contributed by atoms with van der Waals surface area (Å²) in [5.74, 6) is -0.825. The lowest BCUT2D eigenvalue weighted by atomic mass is 10.2. The first-order chi connectivity index (χ1) is 7.52. The number of unbranched alkanes of at least 4 members (excludes halogenated alkanes) is 1. The van der Waals surface area contributed by atoms with Crippen LogP contribution in [0.5, 0.6) is 0 Å². The van der Waals surface area contributed by atoms with Gasteiger partial charge in [-0.15, -0.1) is 0 Å². The van der Waals surface area contributed by atoms with Gasteiger partial charge in [-0.1, -0.05) is 19.9 Å². The Bertz CT molecular complexity index is 302. The van der Waals surface area contributed by atoms with E-state index in [4.69, 9.17) is 9.47 Å². The molecular formula is C12H18O4. The van der Waals surface area contributed by atoms with Crippen molar-refractivity contribution in [1.29, 1.82) is 0 Å².